The Morgan fingerprint density at radius 3 is 2.57 bits per heavy atom. The number of hydrogen-bond acceptors (Lipinski definition) is 5. The molecular formula is C21H17N3O3S. The van der Waals surface area contributed by atoms with Crippen molar-refractivity contribution in [3.05, 3.63) is 71.2 Å². The summed E-state index contributed by atoms with van der Waals surface area (Å²) in [5.41, 5.74) is 9.15. The van der Waals surface area contributed by atoms with Crippen LogP contribution in [0.15, 0.2) is 52.9 Å². The molecule has 0 aliphatic heterocycles. The summed E-state index contributed by atoms with van der Waals surface area (Å²) >= 11 is 1.39. The number of aryl methyl sites for hydroxylation is 2. The Morgan fingerprint density at radius 2 is 1.86 bits per heavy atom. The van der Waals surface area contributed by atoms with E-state index >= 15 is 0 Å². The Labute approximate surface area is 165 Å². The molecular weight excluding hydrogens is 374 g/mol. The van der Waals surface area contributed by atoms with E-state index in [1.807, 2.05) is 37.3 Å². The van der Waals surface area contributed by atoms with Gasteiger partial charge in [-0.2, -0.15) is 0 Å². The number of carbonyl (C=O) groups is 2. The van der Waals surface area contributed by atoms with Crippen molar-refractivity contribution in [3.63, 3.8) is 0 Å². The van der Waals surface area contributed by atoms with Gasteiger partial charge in [-0.05, 0) is 55.3 Å². The number of primary amides is 1. The molecule has 2 aromatic carbocycles. The minimum absolute atomic E-state index is 0.292. The normalized spacial score (nSPS) is 10.9. The molecule has 0 saturated carbocycles. The first kappa shape index (κ1) is 17.9. The molecule has 3 N–H and O–H groups in total. The van der Waals surface area contributed by atoms with Gasteiger partial charge in [-0.1, -0.05) is 29.5 Å². The van der Waals surface area contributed by atoms with Crippen molar-refractivity contribution in [3.8, 4) is 11.1 Å². The van der Waals surface area contributed by atoms with Gasteiger partial charge in [0, 0.05) is 11.1 Å². The van der Waals surface area contributed by atoms with Gasteiger partial charge in [0.2, 0.25) is 5.91 Å². The first-order valence-corrected chi connectivity index (χ1v) is 9.41. The Hall–Kier alpha value is -3.45. The lowest BCUT2D eigenvalue weighted by Gasteiger charge is -2.03. The van der Waals surface area contributed by atoms with Crippen LogP contribution in [0, 0.1) is 13.8 Å². The number of anilines is 1. The van der Waals surface area contributed by atoms with Gasteiger partial charge >= 0.3 is 0 Å². The topological polar surface area (TPSA) is 98.2 Å². The number of nitrogens with one attached hydrogen (secondary N) is 1. The highest BCUT2D eigenvalue weighted by molar-refractivity contribution is 7.22. The van der Waals surface area contributed by atoms with Crippen molar-refractivity contribution in [2.24, 2.45) is 5.73 Å². The lowest BCUT2D eigenvalue weighted by Crippen LogP contribution is -2.11. The quantitative estimate of drug-likeness (QED) is 0.534. The SMILES string of the molecule is Cc1cc(C)c(C(=O)Nc2nc3cc(-c4cccc(C(N)=O)c4)ccc3s2)o1. The molecule has 4 rings (SSSR count). The van der Waals surface area contributed by atoms with Crippen LogP contribution in [-0.2, 0) is 0 Å². The summed E-state index contributed by atoms with van der Waals surface area (Å²) in [6.07, 6.45) is 0. The molecule has 2 aromatic heterocycles. The van der Waals surface area contributed by atoms with E-state index < -0.39 is 5.91 Å². The minimum atomic E-state index is -0.468. The smallest absolute Gasteiger partial charge is 0.293 e. The maximum Gasteiger partial charge on any atom is 0.293 e. The molecule has 0 atom stereocenters. The van der Waals surface area contributed by atoms with Gasteiger partial charge in [0.15, 0.2) is 10.9 Å². The first-order chi connectivity index (χ1) is 13.4. The summed E-state index contributed by atoms with van der Waals surface area (Å²) in [6.45, 7) is 3.63. The van der Waals surface area contributed by atoms with Crippen molar-refractivity contribution in [2.45, 2.75) is 13.8 Å². The number of aromatic nitrogens is 1. The summed E-state index contributed by atoms with van der Waals surface area (Å²) in [5, 5.41) is 3.30. The van der Waals surface area contributed by atoms with Crippen molar-refractivity contribution in [2.75, 3.05) is 5.32 Å². The second-order valence-electron chi connectivity index (χ2n) is 6.47. The highest BCUT2D eigenvalue weighted by Crippen LogP contribution is 2.31. The summed E-state index contributed by atoms with van der Waals surface area (Å²) in [5.74, 6) is 0.194. The highest BCUT2D eigenvalue weighted by Gasteiger charge is 2.16. The Morgan fingerprint density at radius 1 is 1.07 bits per heavy atom. The van der Waals surface area contributed by atoms with Gasteiger partial charge < -0.3 is 10.2 Å². The van der Waals surface area contributed by atoms with Crippen molar-refractivity contribution in [1.29, 1.82) is 0 Å². The van der Waals surface area contributed by atoms with E-state index in [0.29, 0.717) is 22.2 Å². The lowest BCUT2D eigenvalue weighted by molar-refractivity contribution is 0.0989. The number of rotatable bonds is 4. The van der Waals surface area contributed by atoms with E-state index in [1.165, 1.54) is 11.3 Å². The van der Waals surface area contributed by atoms with Gasteiger partial charge in [-0.15, -0.1) is 0 Å². The Balaban J connectivity index is 1.63. The van der Waals surface area contributed by atoms with Gasteiger partial charge in [0.05, 0.1) is 10.2 Å². The first-order valence-electron chi connectivity index (χ1n) is 8.60. The van der Waals surface area contributed by atoms with Crippen LogP contribution >= 0.6 is 11.3 Å². The standard InChI is InChI=1S/C21H17N3O3S/c1-11-8-12(2)27-18(11)20(26)24-21-23-16-10-14(6-7-17(16)28-21)13-4-3-5-15(9-13)19(22)25/h3-10H,1-2H3,(H2,22,25)(H,23,24,26). The van der Waals surface area contributed by atoms with Crippen LogP contribution < -0.4 is 11.1 Å². The van der Waals surface area contributed by atoms with Crippen LogP contribution in [0.5, 0.6) is 0 Å². The average molecular weight is 391 g/mol. The third-order valence-corrected chi connectivity index (χ3v) is 5.29. The highest BCUT2D eigenvalue weighted by atomic mass is 32.1. The van der Waals surface area contributed by atoms with Crippen LogP contribution in [-0.4, -0.2) is 16.8 Å². The van der Waals surface area contributed by atoms with E-state index in [9.17, 15) is 9.59 Å². The second kappa shape index (κ2) is 6.94. The fourth-order valence-electron chi connectivity index (χ4n) is 3.03. The fourth-order valence-corrected chi connectivity index (χ4v) is 3.87. The van der Waals surface area contributed by atoms with Crippen LogP contribution in [0.1, 0.15) is 32.2 Å². The molecule has 0 spiro atoms. The zero-order valence-corrected chi connectivity index (χ0v) is 16.1. The second-order valence-corrected chi connectivity index (χ2v) is 7.50. The van der Waals surface area contributed by atoms with Gasteiger partial charge in [0.25, 0.3) is 5.91 Å². The molecule has 0 aliphatic rings. The number of nitrogens with zero attached hydrogens (tertiary/aromatic N) is 1. The molecule has 0 saturated heterocycles. The average Bonchev–Trinajstić information content (AvgIpc) is 3.22. The molecule has 0 radical (unpaired) electrons. The fraction of sp³-hybridized carbons (Fsp3) is 0.0952. The van der Waals surface area contributed by atoms with Crippen LogP contribution in [0.4, 0.5) is 5.13 Å². The van der Waals surface area contributed by atoms with Crippen molar-refractivity contribution in [1.82, 2.24) is 4.98 Å². The van der Waals surface area contributed by atoms with Crippen LogP contribution in [0.25, 0.3) is 21.3 Å². The number of hydrogen-bond donors (Lipinski definition) is 2. The number of thiazole rings is 1. The number of carbonyl (C=O) groups excluding carboxylic acids is 2. The molecule has 0 fully saturated rings. The van der Waals surface area contributed by atoms with E-state index in [1.54, 1.807) is 25.1 Å². The van der Waals surface area contributed by atoms with E-state index in [2.05, 4.69) is 10.3 Å². The summed E-state index contributed by atoms with van der Waals surface area (Å²) in [7, 11) is 0. The minimum Gasteiger partial charge on any atom is -0.456 e. The number of fused-ring (bicyclic) bond motifs is 1. The lowest BCUT2D eigenvalue weighted by atomic mass is 10.0. The van der Waals surface area contributed by atoms with Crippen molar-refractivity contribution < 1.29 is 14.0 Å². The van der Waals surface area contributed by atoms with E-state index in [4.69, 9.17) is 10.2 Å². The molecule has 7 heteroatoms. The summed E-state index contributed by atoms with van der Waals surface area (Å²) in [4.78, 5) is 28.4. The van der Waals surface area contributed by atoms with Crippen molar-refractivity contribution >= 4 is 38.5 Å². The predicted molar refractivity (Wildman–Crippen MR) is 110 cm³/mol. The summed E-state index contributed by atoms with van der Waals surface area (Å²) < 4.78 is 6.40. The summed E-state index contributed by atoms with van der Waals surface area (Å²) in [6, 6.07) is 14.8. The monoisotopic (exact) mass is 391 g/mol. The number of benzene rings is 2. The molecule has 4 aromatic rings. The third-order valence-electron chi connectivity index (χ3n) is 4.34. The predicted octanol–water partition coefficient (Wildman–Crippen LogP) is 4.52. The molecule has 140 valence electrons. The zero-order chi connectivity index (χ0) is 19.8. The molecule has 0 aliphatic carbocycles. The molecule has 28 heavy (non-hydrogen) atoms. The number of nitrogens with two attached hydrogens (primary N) is 1. The van der Waals surface area contributed by atoms with E-state index in [-0.39, 0.29) is 5.91 Å². The maximum absolute atomic E-state index is 12.4. The maximum atomic E-state index is 12.4. The zero-order valence-electron chi connectivity index (χ0n) is 15.3. The number of furan rings is 1. The molecule has 6 nitrogen and oxygen atoms in total. The largest absolute Gasteiger partial charge is 0.456 e. The van der Waals surface area contributed by atoms with E-state index in [0.717, 1.165) is 26.9 Å². The Kier molecular flexibility index (Phi) is 4.44. The van der Waals surface area contributed by atoms with Gasteiger partial charge in [0.1, 0.15) is 5.76 Å². The number of amides is 2. The molecule has 0 bridgehead atoms. The van der Waals surface area contributed by atoms with Gasteiger partial charge in [-0.25, -0.2) is 4.98 Å². The third kappa shape index (κ3) is 3.39. The molecule has 2 amide bonds. The van der Waals surface area contributed by atoms with Gasteiger partial charge in [-0.3, -0.25) is 14.9 Å². The van der Waals surface area contributed by atoms with Crippen LogP contribution in [0.2, 0.25) is 0 Å². The van der Waals surface area contributed by atoms with Crippen LogP contribution in [0.3, 0.4) is 0 Å². The molecule has 0 unspecified atom stereocenters. The Bertz CT molecular complexity index is 1220. The molecule has 2 heterocycles.